The second-order valence-corrected chi connectivity index (χ2v) is 5.92. The molecule has 0 saturated heterocycles. The van der Waals surface area contributed by atoms with Crippen LogP contribution in [0.25, 0.3) is 21.9 Å². The molecule has 2 aromatic carbocycles. The molecule has 2 aromatic heterocycles. The van der Waals surface area contributed by atoms with E-state index in [1.54, 1.807) is 18.0 Å². The molecule has 5 heteroatoms. The Balaban J connectivity index is 1.80. The van der Waals surface area contributed by atoms with Gasteiger partial charge in [0.15, 0.2) is 0 Å². The fourth-order valence-electron chi connectivity index (χ4n) is 2.94. The van der Waals surface area contributed by atoms with Crippen LogP contribution in [-0.2, 0) is 6.54 Å². The Morgan fingerprint density at radius 3 is 2.71 bits per heavy atom. The average Bonchev–Trinajstić information content (AvgIpc) is 2.97. The maximum Gasteiger partial charge on any atom is 0.277 e. The highest BCUT2D eigenvalue weighted by atomic mass is 16.5. The quantitative estimate of drug-likeness (QED) is 0.630. The summed E-state index contributed by atoms with van der Waals surface area (Å²) in [4.78, 5) is 20.5. The second kappa shape index (κ2) is 5.53. The number of fused-ring (bicyclic) bond motifs is 3. The molecule has 4 aromatic rings. The van der Waals surface area contributed by atoms with E-state index in [9.17, 15) is 4.79 Å². The van der Waals surface area contributed by atoms with E-state index in [0.717, 1.165) is 33.3 Å². The van der Waals surface area contributed by atoms with E-state index in [2.05, 4.69) is 16.0 Å². The van der Waals surface area contributed by atoms with Crippen LogP contribution in [0.3, 0.4) is 0 Å². The van der Waals surface area contributed by atoms with Gasteiger partial charge in [-0.1, -0.05) is 23.8 Å². The SMILES string of the molecule is COc1ccc(Cn2cnc3c([nH]c4ccc(C)cc43)c2=O)cc1. The fourth-order valence-corrected chi connectivity index (χ4v) is 2.94. The normalized spacial score (nSPS) is 11.2. The number of aromatic nitrogens is 3. The smallest absolute Gasteiger partial charge is 0.277 e. The van der Waals surface area contributed by atoms with Crippen LogP contribution < -0.4 is 10.3 Å². The Morgan fingerprint density at radius 2 is 1.96 bits per heavy atom. The lowest BCUT2D eigenvalue weighted by Gasteiger charge is -2.06. The van der Waals surface area contributed by atoms with E-state index in [4.69, 9.17) is 4.74 Å². The average molecular weight is 319 g/mol. The standard InChI is InChI=1S/C19H17N3O2/c1-12-3-8-16-15(9-12)17-18(21-16)19(23)22(11-20-17)10-13-4-6-14(24-2)7-5-13/h3-9,11,21H,10H2,1-2H3. The summed E-state index contributed by atoms with van der Waals surface area (Å²) < 4.78 is 6.78. The fraction of sp³-hybridized carbons (Fsp3) is 0.158. The number of hydrogen-bond acceptors (Lipinski definition) is 3. The van der Waals surface area contributed by atoms with E-state index in [1.807, 2.05) is 43.3 Å². The number of aryl methyl sites for hydroxylation is 1. The Hall–Kier alpha value is -3.08. The van der Waals surface area contributed by atoms with Crippen molar-refractivity contribution in [1.82, 2.24) is 14.5 Å². The summed E-state index contributed by atoms with van der Waals surface area (Å²) in [6.45, 7) is 2.50. The van der Waals surface area contributed by atoms with Crippen molar-refractivity contribution in [3.63, 3.8) is 0 Å². The first-order valence-corrected chi connectivity index (χ1v) is 7.76. The van der Waals surface area contributed by atoms with Crippen molar-refractivity contribution in [2.75, 3.05) is 7.11 Å². The van der Waals surface area contributed by atoms with Crippen molar-refractivity contribution in [2.45, 2.75) is 13.5 Å². The van der Waals surface area contributed by atoms with Crippen molar-refractivity contribution >= 4 is 21.9 Å². The molecule has 0 saturated carbocycles. The lowest BCUT2D eigenvalue weighted by molar-refractivity contribution is 0.414. The molecule has 1 N–H and O–H groups in total. The molecular formula is C19H17N3O2. The van der Waals surface area contributed by atoms with Crippen molar-refractivity contribution in [3.8, 4) is 5.75 Å². The van der Waals surface area contributed by atoms with Gasteiger partial charge in [-0.2, -0.15) is 0 Å². The Kier molecular flexibility index (Phi) is 3.34. The number of aromatic amines is 1. The third-order valence-electron chi connectivity index (χ3n) is 4.24. The minimum Gasteiger partial charge on any atom is -0.497 e. The number of nitrogens with zero attached hydrogens (tertiary/aromatic N) is 2. The molecule has 0 aliphatic rings. The number of nitrogens with one attached hydrogen (secondary N) is 1. The summed E-state index contributed by atoms with van der Waals surface area (Å²) in [6.07, 6.45) is 1.62. The molecule has 0 atom stereocenters. The number of rotatable bonds is 3. The molecule has 4 rings (SSSR count). The largest absolute Gasteiger partial charge is 0.497 e. The van der Waals surface area contributed by atoms with Crippen molar-refractivity contribution in [2.24, 2.45) is 0 Å². The molecule has 0 spiro atoms. The van der Waals surface area contributed by atoms with Gasteiger partial charge in [0.05, 0.1) is 20.0 Å². The van der Waals surface area contributed by atoms with Crippen molar-refractivity contribution in [3.05, 3.63) is 70.3 Å². The third kappa shape index (κ3) is 2.34. The van der Waals surface area contributed by atoms with Gasteiger partial charge in [-0.3, -0.25) is 9.36 Å². The van der Waals surface area contributed by atoms with Gasteiger partial charge in [0, 0.05) is 10.9 Å². The molecule has 0 aliphatic carbocycles. The zero-order valence-corrected chi connectivity index (χ0v) is 13.5. The van der Waals surface area contributed by atoms with Crippen molar-refractivity contribution < 1.29 is 4.74 Å². The van der Waals surface area contributed by atoms with Crippen LogP contribution in [0, 0.1) is 6.92 Å². The minimum absolute atomic E-state index is 0.0651. The maximum absolute atomic E-state index is 12.8. The van der Waals surface area contributed by atoms with Crippen LogP contribution in [0.5, 0.6) is 5.75 Å². The predicted octanol–water partition coefficient (Wildman–Crippen LogP) is 3.24. The first-order valence-electron chi connectivity index (χ1n) is 7.76. The van der Waals surface area contributed by atoms with Gasteiger partial charge in [0.1, 0.15) is 16.8 Å². The highest BCUT2D eigenvalue weighted by Crippen LogP contribution is 2.22. The molecule has 5 nitrogen and oxygen atoms in total. The minimum atomic E-state index is -0.0651. The van der Waals surface area contributed by atoms with Crippen molar-refractivity contribution in [1.29, 1.82) is 0 Å². The molecule has 0 bridgehead atoms. The van der Waals surface area contributed by atoms with Gasteiger partial charge >= 0.3 is 0 Å². The highest BCUT2D eigenvalue weighted by Gasteiger charge is 2.11. The Labute approximate surface area is 138 Å². The van der Waals surface area contributed by atoms with Crippen LogP contribution in [0.15, 0.2) is 53.6 Å². The summed E-state index contributed by atoms with van der Waals surface area (Å²) in [7, 11) is 1.63. The van der Waals surface area contributed by atoms with Crippen LogP contribution in [0.4, 0.5) is 0 Å². The highest BCUT2D eigenvalue weighted by molar-refractivity contribution is 6.04. The lowest BCUT2D eigenvalue weighted by Crippen LogP contribution is -2.21. The summed E-state index contributed by atoms with van der Waals surface area (Å²) in [5.41, 5.74) is 4.31. The molecular weight excluding hydrogens is 302 g/mol. The number of H-pyrrole nitrogens is 1. The Bertz CT molecular complexity index is 1090. The first kappa shape index (κ1) is 14.5. The molecule has 0 radical (unpaired) electrons. The Morgan fingerprint density at radius 1 is 1.17 bits per heavy atom. The number of hydrogen-bond donors (Lipinski definition) is 1. The number of ether oxygens (including phenoxy) is 1. The van der Waals surface area contributed by atoms with E-state index in [1.165, 1.54) is 0 Å². The number of benzene rings is 2. The van der Waals surface area contributed by atoms with Crippen LogP contribution >= 0.6 is 0 Å². The lowest BCUT2D eigenvalue weighted by atomic mass is 10.1. The third-order valence-corrected chi connectivity index (χ3v) is 4.24. The maximum atomic E-state index is 12.8. The van der Waals surface area contributed by atoms with Gasteiger partial charge in [-0.15, -0.1) is 0 Å². The monoisotopic (exact) mass is 319 g/mol. The molecule has 0 amide bonds. The van der Waals surface area contributed by atoms with Crippen LogP contribution in [-0.4, -0.2) is 21.6 Å². The first-order chi connectivity index (χ1) is 11.7. The molecule has 24 heavy (non-hydrogen) atoms. The van der Waals surface area contributed by atoms with Gasteiger partial charge in [-0.25, -0.2) is 4.98 Å². The van der Waals surface area contributed by atoms with E-state index in [0.29, 0.717) is 12.1 Å². The summed E-state index contributed by atoms with van der Waals surface area (Å²) in [6, 6.07) is 13.7. The van der Waals surface area contributed by atoms with E-state index >= 15 is 0 Å². The van der Waals surface area contributed by atoms with Crippen LogP contribution in [0.1, 0.15) is 11.1 Å². The molecule has 2 heterocycles. The van der Waals surface area contributed by atoms with Gasteiger partial charge < -0.3 is 9.72 Å². The van der Waals surface area contributed by atoms with Gasteiger partial charge in [0.2, 0.25) is 0 Å². The van der Waals surface area contributed by atoms with Crippen LogP contribution in [0.2, 0.25) is 0 Å². The molecule has 120 valence electrons. The zero-order chi connectivity index (χ0) is 16.7. The van der Waals surface area contributed by atoms with E-state index < -0.39 is 0 Å². The summed E-state index contributed by atoms with van der Waals surface area (Å²) in [5.74, 6) is 0.797. The topological polar surface area (TPSA) is 59.9 Å². The zero-order valence-electron chi connectivity index (χ0n) is 13.5. The van der Waals surface area contributed by atoms with Gasteiger partial charge in [0.25, 0.3) is 5.56 Å². The van der Waals surface area contributed by atoms with Gasteiger partial charge in [-0.05, 0) is 36.8 Å². The van der Waals surface area contributed by atoms with E-state index in [-0.39, 0.29) is 5.56 Å². The molecule has 0 unspecified atom stereocenters. The molecule has 0 fully saturated rings. The molecule has 0 aliphatic heterocycles. The summed E-state index contributed by atoms with van der Waals surface area (Å²) in [5, 5.41) is 0.985. The number of methoxy groups -OCH3 is 1. The predicted molar refractivity (Wildman–Crippen MR) is 94.7 cm³/mol. The summed E-state index contributed by atoms with van der Waals surface area (Å²) >= 11 is 0. The second-order valence-electron chi connectivity index (χ2n) is 5.92.